The number of aryl methyl sites for hydroxylation is 1. The lowest BCUT2D eigenvalue weighted by atomic mass is 10.2. The van der Waals surface area contributed by atoms with Gasteiger partial charge in [-0.3, -0.25) is 4.79 Å². The summed E-state index contributed by atoms with van der Waals surface area (Å²) in [4.78, 5) is 12.4. The van der Waals surface area contributed by atoms with Crippen LogP contribution in [0.4, 0.5) is 0 Å². The van der Waals surface area contributed by atoms with Crippen LogP contribution in [0, 0.1) is 6.92 Å². The minimum atomic E-state index is -3.61. The zero-order valence-corrected chi connectivity index (χ0v) is 20.4. The lowest BCUT2D eigenvalue weighted by molar-refractivity contribution is -0.123. The third-order valence-electron chi connectivity index (χ3n) is 4.40. The quantitative estimate of drug-likeness (QED) is 0.530. The highest BCUT2D eigenvalue weighted by atomic mass is 32.2. The molecule has 2 aromatic carbocycles. The number of hydrogen-bond donors (Lipinski definition) is 2. The maximum Gasteiger partial charge on any atom is 0.258 e. The predicted octanol–water partition coefficient (Wildman–Crippen LogP) is 1.63. The Kier molecular flexibility index (Phi) is 8.41. The number of amides is 1. The summed E-state index contributed by atoms with van der Waals surface area (Å²) in [5.74, 6) is 0.0365. The van der Waals surface area contributed by atoms with Gasteiger partial charge in [-0.05, 0) is 62.2 Å². The number of sulfonamides is 2. The van der Waals surface area contributed by atoms with Gasteiger partial charge in [0.05, 0.1) is 9.79 Å². The third kappa shape index (κ3) is 6.76. The van der Waals surface area contributed by atoms with E-state index in [4.69, 9.17) is 4.74 Å². The number of carbonyl (C=O) groups is 1. The number of rotatable bonds is 10. The standard InChI is InChI=1S/C21H29N3O6S2/c1-15(2)23-31(26,27)19-10-11-20(16(3)12-19)30-14-21(25)22-13-17-6-8-18(9-7-17)32(28,29)24(4)5/h6-12,15,23H,13-14H2,1-5H3,(H,22,25). The van der Waals surface area contributed by atoms with E-state index in [1.54, 1.807) is 32.9 Å². The lowest BCUT2D eigenvalue weighted by Gasteiger charge is -2.13. The molecule has 11 heteroatoms. The van der Waals surface area contributed by atoms with E-state index >= 15 is 0 Å². The van der Waals surface area contributed by atoms with E-state index in [2.05, 4.69) is 10.0 Å². The molecule has 0 saturated carbocycles. The average molecular weight is 484 g/mol. The van der Waals surface area contributed by atoms with Crippen LogP contribution in [0.1, 0.15) is 25.0 Å². The van der Waals surface area contributed by atoms with Crippen LogP contribution in [-0.2, 0) is 31.4 Å². The zero-order chi connectivity index (χ0) is 24.1. The molecule has 176 valence electrons. The molecular weight excluding hydrogens is 454 g/mol. The maximum absolute atomic E-state index is 12.2. The molecule has 0 saturated heterocycles. The van der Waals surface area contributed by atoms with Crippen molar-refractivity contribution in [2.75, 3.05) is 20.7 Å². The van der Waals surface area contributed by atoms with Gasteiger partial charge < -0.3 is 10.1 Å². The maximum atomic E-state index is 12.2. The van der Waals surface area contributed by atoms with E-state index < -0.39 is 20.0 Å². The minimum Gasteiger partial charge on any atom is -0.484 e. The second-order valence-corrected chi connectivity index (χ2v) is 11.6. The fraction of sp³-hybridized carbons (Fsp3) is 0.381. The number of ether oxygens (including phenoxy) is 1. The average Bonchev–Trinajstić information content (AvgIpc) is 2.70. The molecule has 32 heavy (non-hydrogen) atoms. The number of hydrogen-bond acceptors (Lipinski definition) is 6. The van der Waals surface area contributed by atoms with Crippen molar-refractivity contribution in [2.24, 2.45) is 0 Å². The molecule has 0 atom stereocenters. The normalized spacial score (nSPS) is 12.2. The monoisotopic (exact) mass is 483 g/mol. The molecule has 0 radical (unpaired) electrons. The first kappa shape index (κ1) is 25.8. The number of nitrogens with one attached hydrogen (secondary N) is 2. The largest absolute Gasteiger partial charge is 0.484 e. The topological polar surface area (TPSA) is 122 Å². The molecule has 0 heterocycles. The molecule has 2 N–H and O–H groups in total. The van der Waals surface area contributed by atoms with Crippen LogP contribution in [0.2, 0.25) is 0 Å². The molecule has 9 nitrogen and oxygen atoms in total. The first-order valence-corrected chi connectivity index (χ1v) is 12.8. The van der Waals surface area contributed by atoms with E-state index in [1.807, 2.05) is 0 Å². The highest BCUT2D eigenvalue weighted by Gasteiger charge is 2.18. The van der Waals surface area contributed by atoms with Crippen molar-refractivity contribution in [3.05, 3.63) is 53.6 Å². The van der Waals surface area contributed by atoms with E-state index in [1.165, 1.54) is 44.4 Å². The van der Waals surface area contributed by atoms with Crippen molar-refractivity contribution in [1.82, 2.24) is 14.3 Å². The summed E-state index contributed by atoms with van der Waals surface area (Å²) < 4.78 is 57.8. The summed E-state index contributed by atoms with van der Waals surface area (Å²) in [6.45, 7) is 5.14. The van der Waals surface area contributed by atoms with E-state index in [9.17, 15) is 21.6 Å². The minimum absolute atomic E-state index is 0.125. The van der Waals surface area contributed by atoms with Gasteiger partial charge >= 0.3 is 0 Å². The Labute approximate surface area is 189 Å². The van der Waals surface area contributed by atoms with Gasteiger partial charge in [-0.15, -0.1) is 0 Å². The van der Waals surface area contributed by atoms with Gasteiger partial charge in [0.1, 0.15) is 5.75 Å². The van der Waals surface area contributed by atoms with Crippen LogP contribution in [0.5, 0.6) is 5.75 Å². The summed E-state index contributed by atoms with van der Waals surface area (Å²) in [5.41, 5.74) is 1.32. The van der Waals surface area contributed by atoms with Crippen LogP contribution in [0.15, 0.2) is 52.3 Å². The first-order chi connectivity index (χ1) is 14.8. The van der Waals surface area contributed by atoms with Gasteiger partial charge in [0.25, 0.3) is 5.91 Å². The van der Waals surface area contributed by atoms with E-state index in [0.717, 1.165) is 9.87 Å². The fourth-order valence-electron chi connectivity index (χ4n) is 2.71. The summed E-state index contributed by atoms with van der Waals surface area (Å²) in [6, 6.07) is 10.4. The van der Waals surface area contributed by atoms with Crippen LogP contribution < -0.4 is 14.8 Å². The second kappa shape index (κ2) is 10.4. The van der Waals surface area contributed by atoms with Crippen LogP contribution in [0.3, 0.4) is 0 Å². The van der Waals surface area contributed by atoms with Crippen LogP contribution in [-0.4, -0.2) is 53.8 Å². The molecule has 2 rings (SSSR count). The smallest absolute Gasteiger partial charge is 0.258 e. The molecule has 0 aliphatic heterocycles. The molecule has 2 aromatic rings. The summed E-state index contributed by atoms with van der Waals surface area (Å²) in [6.07, 6.45) is 0. The van der Waals surface area contributed by atoms with E-state index in [-0.39, 0.29) is 34.9 Å². The second-order valence-electron chi connectivity index (χ2n) is 7.70. The summed E-state index contributed by atoms with van der Waals surface area (Å²) >= 11 is 0. The molecule has 0 unspecified atom stereocenters. The summed E-state index contributed by atoms with van der Waals surface area (Å²) in [7, 11) is -4.20. The van der Waals surface area contributed by atoms with Crippen molar-refractivity contribution in [3.63, 3.8) is 0 Å². The lowest BCUT2D eigenvalue weighted by Crippen LogP contribution is -2.30. The van der Waals surface area contributed by atoms with Gasteiger partial charge in [-0.25, -0.2) is 25.9 Å². The Morgan fingerprint density at radius 1 is 1.00 bits per heavy atom. The number of carbonyl (C=O) groups excluding carboxylic acids is 1. The van der Waals surface area contributed by atoms with Crippen LogP contribution >= 0.6 is 0 Å². The van der Waals surface area contributed by atoms with Gasteiger partial charge in [0.15, 0.2) is 6.61 Å². The molecule has 0 aromatic heterocycles. The first-order valence-electron chi connectivity index (χ1n) is 9.87. The van der Waals surface area contributed by atoms with Crippen molar-refractivity contribution in [3.8, 4) is 5.75 Å². The highest BCUT2D eigenvalue weighted by Crippen LogP contribution is 2.22. The number of benzene rings is 2. The Morgan fingerprint density at radius 3 is 2.12 bits per heavy atom. The third-order valence-corrected chi connectivity index (χ3v) is 7.88. The molecule has 0 aliphatic rings. The van der Waals surface area contributed by atoms with E-state index in [0.29, 0.717) is 11.3 Å². The molecule has 0 spiro atoms. The Bertz CT molecular complexity index is 1160. The molecule has 0 bridgehead atoms. The van der Waals surface area contributed by atoms with Gasteiger partial charge in [-0.1, -0.05) is 12.1 Å². The van der Waals surface area contributed by atoms with Gasteiger partial charge in [0.2, 0.25) is 20.0 Å². The van der Waals surface area contributed by atoms with Crippen molar-refractivity contribution < 1.29 is 26.4 Å². The molecule has 0 fully saturated rings. The van der Waals surface area contributed by atoms with Crippen molar-refractivity contribution in [2.45, 2.75) is 43.1 Å². The van der Waals surface area contributed by atoms with Crippen LogP contribution in [0.25, 0.3) is 0 Å². The van der Waals surface area contributed by atoms with Gasteiger partial charge in [0, 0.05) is 26.7 Å². The predicted molar refractivity (Wildman–Crippen MR) is 121 cm³/mol. The van der Waals surface area contributed by atoms with Crippen molar-refractivity contribution in [1.29, 1.82) is 0 Å². The fourth-order valence-corrected chi connectivity index (χ4v) is 4.95. The molecular formula is C21H29N3O6S2. The highest BCUT2D eigenvalue weighted by molar-refractivity contribution is 7.89. The zero-order valence-electron chi connectivity index (χ0n) is 18.7. The summed E-state index contributed by atoms with van der Waals surface area (Å²) in [5, 5.41) is 2.70. The Hall–Kier alpha value is -2.47. The Morgan fingerprint density at radius 2 is 1.59 bits per heavy atom. The SMILES string of the molecule is Cc1cc(S(=O)(=O)NC(C)C)ccc1OCC(=O)NCc1ccc(S(=O)(=O)N(C)C)cc1. The molecule has 0 aliphatic carbocycles. The Balaban J connectivity index is 1.92. The number of nitrogens with zero attached hydrogens (tertiary/aromatic N) is 1. The molecule has 1 amide bonds. The van der Waals surface area contributed by atoms with Gasteiger partial charge in [-0.2, -0.15) is 0 Å². The van der Waals surface area contributed by atoms with Crippen molar-refractivity contribution >= 4 is 26.0 Å².